The molecule has 5 atom stereocenters. The van der Waals surface area contributed by atoms with Crippen LogP contribution >= 0.6 is 15.9 Å². The molecule has 0 unspecified atom stereocenters. The van der Waals surface area contributed by atoms with Crippen molar-refractivity contribution >= 4 is 39.3 Å². The fraction of sp³-hybridized carbons (Fsp3) is 0.500. The third-order valence-electron chi connectivity index (χ3n) is 5.84. The van der Waals surface area contributed by atoms with Crippen LogP contribution in [0.5, 0.6) is 0 Å². The fourth-order valence-electron chi connectivity index (χ4n) is 4.71. The Bertz CT molecular complexity index is 689. The number of hydrogen-bond acceptors (Lipinski definition) is 3. The number of benzene rings is 1. The quantitative estimate of drug-likeness (QED) is 0.806. The predicted molar refractivity (Wildman–Crippen MR) is 91.9 cm³/mol. The molecule has 2 bridgehead atoms. The zero-order valence-corrected chi connectivity index (χ0v) is 15.0. The molecule has 24 heavy (non-hydrogen) atoms. The van der Waals surface area contributed by atoms with Crippen LogP contribution in [0.3, 0.4) is 0 Å². The first-order valence-corrected chi connectivity index (χ1v) is 9.20. The lowest BCUT2D eigenvalue weighted by Gasteiger charge is -2.23. The largest absolute Gasteiger partial charge is 0.324 e. The zero-order chi connectivity index (χ0) is 17.0. The third kappa shape index (κ3) is 2.31. The molecule has 1 aromatic carbocycles. The maximum atomic E-state index is 12.7. The Morgan fingerprint density at radius 2 is 1.67 bits per heavy atom. The highest BCUT2D eigenvalue weighted by Gasteiger charge is 2.62. The minimum Gasteiger partial charge on any atom is -0.324 e. The van der Waals surface area contributed by atoms with E-state index in [4.69, 9.17) is 0 Å². The number of likely N-dealkylation sites (tertiary alicyclic amines) is 1. The highest BCUT2D eigenvalue weighted by molar-refractivity contribution is 9.10. The van der Waals surface area contributed by atoms with Crippen LogP contribution in [0.2, 0.25) is 0 Å². The zero-order valence-electron chi connectivity index (χ0n) is 13.4. The molecule has 0 aromatic heterocycles. The number of nitrogens with one attached hydrogen (secondary N) is 1. The Kier molecular flexibility index (Phi) is 3.75. The van der Waals surface area contributed by atoms with E-state index >= 15 is 0 Å². The van der Waals surface area contributed by atoms with Crippen molar-refractivity contribution in [3.8, 4) is 0 Å². The van der Waals surface area contributed by atoms with Crippen LogP contribution in [0, 0.1) is 23.7 Å². The number of anilines is 1. The number of hydrogen-bond donors (Lipinski definition) is 1. The predicted octanol–water partition coefficient (Wildman–Crippen LogP) is 2.81. The number of fused-ring (bicyclic) bond motifs is 5. The molecule has 3 aliphatic rings. The topological polar surface area (TPSA) is 66.5 Å². The molecule has 5 nitrogen and oxygen atoms in total. The summed E-state index contributed by atoms with van der Waals surface area (Å²) in [5.41, 5.74) is 0.648. The number of nitrogens with zero attached hydrogens (tertiary/aromatic N) is 1. The van der Waals surface area contributed by atoms with Gasteiger partial charge in [0.2, 0.25) is 17.7 Å². The molecular weight excluding hydrogens is 372 g/mol. The van der Waals surface area contributed by atoms with E-state index in [1.807, 2.05) is 12.1 Å². The van der Waals surface area contributed by atoms with Gasteiger partial charge in [0.05, 0.1) is 11.8 Å². The summed E-state index contributed by atoms with van der Waals surface area (Å²) in [5, 5.41) is 2.78. The van der Waals surface area contributed by atoms with Crippen molar-refractivity contribution in [1.29, 1.82) is 0 Å². The second-order valence-corrected chi connectivity index (χ2v) is 8.02. The third-order valence-corrected chi connectivity index (χ3v) is 6.37. The Morgan fingerprint density at radius 1 is 1.12 bits per heavy atom. The molecule has 4 rings (SSSR count). The number of carbonyl (C=O) groups excluding carboxylic acids is 3. The lowest BCUT2D eigenvalue weighted by atomic mass is 9.81. The SMILES string of the molecule is C[C@H](C(=O)Nc1ccc(Br)cc1)N1C(=O)[C@H]2[C@H]3CC[C@@H](C3)[C@@H]2C1=O. The Morgan fingerprint density at radius 3 is 2.21 bits per heavy atom. The number of imide groups is 1. The van der Waals surface area contributed by atoms with Gasteiger partial charge in [-0.15, -0.1) is 0 Å². The molecule has 3 amide bonds. The lowest BCUT2D eigenvalue weighted by molar-refractivity contribution is -0.146. The summed E-state index contributed by atoms with van der Waals surface area (Å²) < 4.78 is 0.918. The van der Waals surface area contributed by atoms with E-state index < -0.39 is 6.04 Å². The molecule has 126 valence electrons. The molecule has 1 aliphatic heterocycles. The van der Waals surface area contributed by atoms with Crippen molar-refractivity contribution in [2.75, 3.05) is 5.32 Å². The fourth-order valence-corrected chi connectivity index (χ4v) is 4.98. The van der Waals surface area contributed by atoms with Crippen LogP contribution < -0.4 is 5.32 Å². The van der Waals surface area contributed by atoms with E-state index in [2.05, 4.69) is 21.2 Å². The van der Waals surface area contributed by atoms with Crippen molar-refractivity contribution < 1.29 is 14.4 Å². The molecule has 6 heteroatoms. The van der Waals surface area contributed by atoms with Gasteiger partial charge in [-0.2, -0.15) is 0 Å². The van der Waals surface area contributed by atoms with Gasteiger partial charge in [0.25, 0.3) is 0 Å². The standard InChI is InChI=1S/C18H19BrN2O3/c1-9(16(22)20-13-6-4-12(19)5-7-13)21-17(23)14-10-2-3-11(8-10)15(14)18(21)24/h4-7,9-11,14-15H,2-3,8H2,1H3,(H,20,22)/t9-,10+,11+,14+,15+/m1/s1. The Balaban J connectivity index is 1.51. The van der Waals surface area contributed by atoms with Crippen LogP contribution in [0.4, 0.5) is 5.69 Å². The van der Waals surface area contributed by atoms with Crippen LogP contribution in [-0.4, -0.2) is 28.7 Å². The molecule has 1 heterocycles. The maximum absolute atomic E-state index is 12.7. The second-order valence-electron chi connectivity index (χ2n) is 7.10. The first-order valence-electron chi connectivity index (χ1n) is 8.40. The van der Waals surface area contributed by atoms with Gasteiger partial charge in [-0.3, -0.25) is 19.3 Å². The second kappa shape index (κ2) is 5.69. The summed E-state index contributed by atoms with van der Waals surface area (Å²) in [5.74, 6) is -0.303. The summed E-state index contributed by atoms with van der Waals surface area (Å²) >= 11 is 3.34. The van der Waals surface area contributed by atoms with Crippen molar-refractivity contribution in [1.82, 2.24) is 4.90 Å². The molecule has 1 aromatic rings. The smallest absolute Gasteiger partial charge is 0.247 e. The molecule has 1 saturated heterocycles. The number of carbonyl (C=O) groups is 3. The van der Waals surface area contributed by atoms with Crippen molar-refractivity contribution in [2.45, 2.75) is 32.2 Å². The molecule has 2 saturated carbocycles. The molecule has 1 N–H and O–H groups in total. The van der Waals surface area contributed by atoms with E-state index in [9.17, 15) is 14.4 Å². The average Bonchev–Trinajstić information content (AvgIpc) is 3.23. The minimum atomic E-state index is -0.779. The molecular formula is C18H19BrN2O3. The summed E-state index contributed by atoms with van der Waals surface area (Å²) in [4.78, 5) is 39.2. The van der Waals surface area contributed by atoms with E-state index in [0.717, 1.165) is 23.7 Å². The van der Waals surface area contributed by atoms with Crippen molar-refractivity contribution in [3.05, 3.63) is 28.7 Å². The van der Waals surface area contributed by atoms with E-state index in [1.54, 1.807) is 19.1 Å². The number of rotatable bonds is 3. The van der Waals surface area contributed by atoms with Crippen LogP contribution in [-0.2, 0) is 14.4 Å². The van der Waals surface area contributed by atoms with E-state index in [0.29, 0.717) is 17.5 Å². The van der Waals surface area contributed by atoms with Crippen molar-refractivity contribution in [2.24, 2.45) is 23.7 Å². The van der Waals surface area contributed by atoms with Gasteiger partial charge >= 0.3 is 0 Å². The summed E-state index contributed by atoms with van der Waals surface area (Å²) in [6, 6.07) is 6.43. The van der Waals surface area contributed by atoms with E-state index in [-0.39, 0.29) is 29.6 Å². The maximum Gasteiger partial charge on any atom is 0.247 e. The van der Waals surface area contributed by atoms with Crippen LogP contribution in [0.15, 0.2) is 28.7 Å². The number of halogens is 1. The van der Waals surface area contributed by atoms with E-state index in [1.165, 1.54) is 4.90 Å². The monoisotopic (exact) mass is 390 g/mol. The summed E-state index contributed by atoms with van der Waals surface area (Å²) in [6.07, 6.45) is 3.08. The normalized spacial score (nSPS) is 32.2. The molecule has 0 radical (unpaired) electrons. The molecule has 2 aliphatic carbocycles. The Labute approximate surface area is 148 Å². The molecule has 3 fully saturated rings. The van der Waals surface area contributed by atoms with Gasteiger partial charge in [-0.1, -0.05) is 15.9 Å². The number of amides is 3. The Hall–Kier alpha value is -1.69. The average molecular weight is 391 g/mol. The van der Waals surface area contributed by atoms with Gasteiger partial charge in [0.1, 0.15) is 6.04 Å². The van der Waals surface area contributed by atoms with Crippen LogP contribution in [0.25, 0.3) is 0 Å². The summed E-state index contributed by atoms with van der Waals surface area (Å²) in [7, 11) is 0. The first kappa shape index (κ1) is 15.8. The van der Waals surface area contributed by atoms with Gasteiger partial charge in [-0.25, -0.2) is 0 Å². The summed E-state index contributed by atoms with van der Waals surface area (Å²) in [6.45, 7) is 1.63. The van der Waals surface area contributed by atoms with Gasteiger partial charge in [0, 0.05) is 10.2 Å². The van der Waals surface area contributed by atoms with Gasteiger partial charge in [0.15, 0.2) is 0 Å². The first-order chi connectivity index (χ1) is 11.5. The highest BCUT2D eigenvalue weighted by atomic mass is 79.9. The highest BCUT2D eigenvalue weighted by Crippen LogP contribution is 2.56. The minimum absolute atomic E-state index is 0.143. The van der Waals surface area contributed by atoms with Gasteiger partial charge in [-0.05, 0) is 62.3 Å². The van der Waals surface area contributed by atoms with Gasteiger partial charge < -0.3 is 5.32 Å². The lowest BCUT2D eigenvalue weighted by Crippen LogP contribution is -2.46. The van der Waals surface area contributed by atoms with Crippen molar-refractivity contribution in [3.63, 3.8) is 0 Å². The molecule has 0 spiro atoms. The van der Waals surface area contributed by atoms with Crippen LogP contribution in [0.1, 0.15) is 26.2 Å².